The highest BCUT2D eigenvalue weighted by molar-refractivity contribution is 5.88. The number of aliphatic hydroxyl groups excluding tert-OH is 1. The molecule has 2 aromatic rings. The number of aliphatic hydroxyl groups is 1. The van der Waals surface area contributed by atoms with Crippen molar-refractivity contribution in [1.82, 2.24) is 0 Å². The number of rotatable bonds is 4. The van der Waals surface area contributed by atoms with Gasteiger partial charge in [-0.25, -0.2) is 0 Å². The van der Waals surface area contributed by atoms with Crippen LogP contribution in [-0.4, -0.2) is 25.4 Å². The van der Waals surface area contributed by atoms with Gasteiger partial charge in [0, 0.05) is 0 Å². The van der Waals surface area contributed by atoms with Crippen molar-refractivity contribution >= 4 is 16.8 Å². The molecule has 2 aromatic carbocycles. The first-order valence-electron chi connectivity index (χ1n) is 6.16. The molecule has 0 spiro atoms. The Morgan fingerprint density at radius 1 is 1.00 bits per heavy atom. The number of hydrogen-bond donors (Lipinski definition) is 1. The Kier molecular flexibility index (Phi) is 4.07. The summed E-state index contributed by atoms with van der Waals surface area (Å²) in [7, 11) is 3.25. The summed E-state index contributed by atoms with van der Waals surface area (Å²) < 4.78 is 10.6. The van der Waals surface area contributed by atoms with E-state index in [1.54, 1.807) is 27.2 Å². The van der Waals surface area contributed by atoms with Gasteiger partial charge in [-0.15, -0.1) is 0 Å². The Labute approximate surface area is 113 Å². The van der Waals surface area contributed by atoms with E-state index in [1.807, 2.05) is 30.3 Å². The summed E-state index contributed by atoms with van der Waals surface area (Å²) in [5.41, 5.74) is 1.04. The van der Waals surface area contributed by atoms with Crippen molar-refractivity contribution in [3.8, 4) is 11.5 Å². The van der Waals surface area contributed by atoms with Crippen LogP contribution in [0.15, 0.2) is 36.4 Å². The molecule has 0 aromatic heterocycles. The zero-order chi connectivity index (χ0) is 13.8. The monoisotopic (exact) mass is 258 g/mol. The van der Waals surface area contributed by atoms with E-state index in [9.17, 15) is 5.11 Å². The Morgan fingerprint density at radius 2 is 1.63 bits per heavy atom. The molecular weight excluding hydrogens is 240 g/mol. The number of ether oxygens (including phenoxy) is 2. The normalized spacial score (nSPS) is 12.8. The predicted octanol–water partition coefficient (Wildman–Crippen LogP) is 3.25. The number of hydrogen-bond acceptors (Lipinski definition) is 3. The van der Waals surface area contributed by atoms with Crippen LogP contribution in [-0.2, 0) is 0 Å². The zero-order valence-corrected chi connectivity index (χ0v) is 11.4. The highest BCUT2D eigenvalue weighted by atomic mass is 16.5. The highest BCUT2D eigenvalue weighted by Gasteiger charge is 2.05. The van der Waals surface area contributed by atoms with Gasteiger partial charge in [-0.2, -0.15) is 0 Å². The topological polar surface area (TPSA) is 38.7 Å². The molecule has 1 unspecified atom stereocenters. The van der Waals surface area contributed by atoms with Gasteiger partial charge in [0.25, 0.3) is 0 Å². The summed E-state index contributed by atoms with van der Waals surface area (Å²) >= 11 is 0. The maximum Gasteiger partial charge on any atom is 0.161 e. The second-order valence-electron chi connectivity index (χ2n) is 4.41. The molecule has 1 N–H and O–H groups in total. The van der Waals surface area contributed by atoms with Gasteiger partial charge in [0.05, 0.1) is 20.3 Å². The van der Waals surface area contributed by atoms with Crippen molar-refractivity contribution < 1.29 is 14.6 Å². The first-order chi connectivity index (χ1) is 9.13. The summed E-state index contributed by atoms with van der Waals surface area (Å²) in [6, 6.07) is 9.99. The fourth-order valence-corrected chi connectivity index (χ4v) is 1.95. The lowest BCUT2D eigenvalue weighted by Gasteiger charge is -2.09. The van der Waals surface area contributed by atoms with Gasteiger partial charge in [0.2, 0.25) is 0 Å². The molecule has 0 saturated carbocycles. The van der Waals surface area contributed by atoms with Crippen molar-refractivity contribution in [3.05, 3.63) is 42.0 Å². The summed E-state index contributed by atoms with van der Waals surface area (Å²) in [5, 5.41) is 11.4. The minimum atomic E-state index is -0.443. The molecule has 3 heteroatoms. The maximum atomic E-state index is 9.25. The summed E-state index contributed by atoms with van der Waals surface area (Å²) in [6.45, 7) is 1.73. The molecule has 100 valence electrons. The van der Waals surface area contributed by atoms with Gasteiger partial charge in [-0.1, -0.05) is 24.3 Å². The van der Waals surface area contributed by atoms with Crippen LogP contribution in [0.25, 0.3) is 16.8 Å². The fourth-order valence-electron chi connectivity index (χ4n) is 1.95. The molecule has 0 amide bonds. The molecular formula is C16H18O3. The third-order valence-corrected chi connectivity index (χ3v) is 2.93. The second-order valence-corrected chi connectivity index (χ2v) is 4.41. The van der Waals surface area contributed by atoms with Crippen molar-refractivity contribution in [2.45, 2.75) is 13.0 Å². The van der Waals surface area contributed by atoms with E-state index in [1.165, 1.54) is 0 Å². The molecule has 1 atom stereocenters. The van der Waals surface area contributed by atoms with Gasteiger partial charge in [-0.3, -0.25) is 0 Å². The van der Waals surface area contributed by atoms with Crippen molar-refractivity contribution in [3.63, 3.8) is 0 Å². The third-order valence-electron chi connectivity index (χ3n) is 2.93. The van der Waals surface area contributed by atoms with Gasteiger partial charge < -0.3 is 14.6 Å². The molecule has 0 fully saturated rings. The minimum absolute atomic E-state index is 0.443. The third kappa shape index (κ3) is 3.06. The summed E-state index contributed by atoms with van der Waals surface area (Å²) in [4.78, 5) is 0. The summed E-state index contributed by atoms with van der Waals surface area (Å²) in [5.74, 6) is 1.44. The van der Waals surface area contributed by atoms with E-state index in [-0.39, 0.29) is 0 Å². The van der Waals surface area contributed by atoms with E-state index >= 15 is 0 Å². The molecule has 0 heterocycles. The highest BCUT2D eigenvalue weighted by Crippen LogP contribution is 2.32. The largest absolute Gasteiger partial charge is 0.493 e. The predicted molar refractivity (Wildman–Crippen MR) is 77.8 cm³/mol. The lowest BCUT2D eigenvalue weighted by molar-refractivity contribution is 0.245. The van der Waals surface area contributed by atoms with E-state index in [4.69, 9.17) is 9.47 Å². The first kappa shape index (κ1) is 13.4. The van der Waals surface area contributed by atoms with E-state index in [2.05, 4.69) is 6.07 Å². The van der Waals surface area contributed by atoms with Crippen LogP contribution < -0.4 is 9.47 Å². The van der Waals surface area contributed by atoms with Gasteiger partial charge >= 0.3 is 0 Å². The smallest absolute Gasteiger partial charge is 0.161 e. The maximum absolute atomic E-state index is 9.25. The van der Waals surface area contributed by atoms with Gasteiger partial charge in [0.15, 0.2) is 11.5 Å². The molecule has 0 aliphatic rings. The van der Waals surface area contributed by atoms with Crippen molar-refractivity contribution in [2.24, 2.45) is 0 Å². The van der Waals surface area contributed by atoms with Crippen LogP contribution in [0.4, 0.5) is 0 Å². The lowest BCUT2D eigenvalue weighted by Crippen LogP contribution is -1.92. The molecule has 0 aliphatic heterocycles. The quantitative estimate of drug-likeness (QED) is 0.915. The molecule has 2 rings (SSSR count). The Balaban J connectivity index is 2.47. The average molecular weight is 258 g/mol. The average Bonchev–Trinajstić information content (AvgIpc) is 2.43. The van der Waals surface area contributed by atoms with Crippen LogP contribution >= 0.6 is 0 Å². The van der Waals surface area contributed by atoms with Gasteiger partial charge in [0.1, 0.15) is 0 Å². The Hall–Kier alpha value is -2.00. The fraction of sp³-hybridized carbons (Fsp3) is 0.250. The van der Waals surface area contributed by atoms with E-state index in [0.717, 1.165) is 22.1 Å². The Bertz CT molecular complexity index is 600. The van der Waals surface area contributed by atoms with E-state index in [0.29, 0.717) is 5.75 Å². The van der Waals surface area contributed by atoms with Gasteiger partial charge in [-0.05, 0) is 41.5 Å². The van der Waals surface area contributed by atoms with Crippen LogP contribution in [0.1, 0.15) is 12.5 Å². The van der Waals surface area contributed by atoms with Crippen molar-refractivity contribution in [2.75, 3.05) is 14.2 Å². The Morgan fingerprint density at radius 3 is 2.21 bits per heavy atom. The summed E-state index contributed by atoms with van der Waals surface area (Å²) in [6.07, 6.45) is 3.21. The number of fused-ring (bicyclic) bond motifs is 1. The van der Waals surface area contributed by atoms with Crippen LogP contribution in [0, 0.1) is 0 Å². The minimum Gasteiger partial charge on any atom is -0.493 e. The van der Waals surface area contributed by atoms with Crippen LogP contribution in [0.5, 0.6) is 11.5 Å². The SMILES string of the molecule is COc1cc2ccc(C=CC(C)O)cc2cc1OC. The molecule has 19 heavy (non-hydrogen) atoms. The standard InChI is InChI=1S/C16H18O3/c1-11(17)4-5-12-6-7-13-9-15(18-2)16(19-3)10-14(13)8-12/h4-11,17H,1-3H3. The second kappa shape index (κ2) is 5.76. The van der Waals surface area contributed by atoms with Crippen LogP contribution in [0.3, 0.4) is 0 Å². The number of methoxy groups -OCH3 is 2. The molecule has 0 bridgehead atoms. The lowest BCUT2D eigenvalue weighted by atomic mass is 10.1. The molecule has 0 saturated heterocycles. The zero-order valence-electron chi connectivity index (χ0n) is 11.4. The molecule has 0 aliphatic carbocycles. The van der Waals surface area contributed by atoms with Crippen LogP contribution in [0.2, 0.25) is 0 Å². The number of benzene rings is 2. The van der Waals surface area contributed by atoms with Crippen molar-refractivity contribution in [1.29, 1.82) is 0 Å². The molecule has 0 radical (unpaired) electrons. The van der Waals surface area contributed by atoms with E-state index < -0.39 is 6.10 Å². The molecule has 3 nitrogen and oxygen atoms in total. The first-order valence-corrected chi connectivity index (χ1v) is 6.16.